The highest BCUT2D eigenvalue weighted by Gasteiger charge is 2.07. The molecule has 0 spiro atoms. The second-order valence-electron chi connectivity index (χ2n) is 2.80. The SMILES string of the molecule is CC.Cc1cnc2n(C)cccc1-2. The van der Waals surface area contributed by atoms with E-state index < -0.39 is 0 Å². The summed E-state index contributed by atoms with van der Waals surface area (Å²) >= 11 is 0. The van der Waals surface area contributed by atoms with Crippen molar-refractivity contribution in [2.75, 3.05) is 0 Å². The van der Waals surface area contributed by atoms with Crippen LogP contribution in [0.5, 0.6) is 0 Å². The Balaban J connectivity index is 0.000000396. The Bertz CT molecular complexity index is 349. The Hall–Kier alpha value is -1.31. The van der Waals surface area contributed by atoms with E-state index in [9.17, 15) is 0 Å². The standard InChI is InChI=1S/C9H10N2.C2H6/c1-7-6-10-9-8(7)4-3-5-11(9)2;1-2/h3-6H,1-2H3;1-2H3. The summed E-state index contributed by atoms with van der Waals surface area (Å²) in [4.78, 5) is 4.28. The van der Waals surface area contributed by atoms with Crippen LogP contribution in [0.15, 0.2) is 24.5 Å². The van der Waals surface area contributed by atoms with Crippen molar-refractivity contribution >= 4 is 0 Å². The van der Waals surface area contributed by atoms with Crippen LogP contribution < -0.4 is 0 Å². The van der Waals surface area contributed by atoms with Crippen LogP contribution in [0.2, 0.25) is 0 Å². The predicted octanol–water partition coefficient (Wildman–Crippen LogP) is 2.86. The summed E-state index contributed by atoms with van der Waals surface area (Å²) in [6.45, 7) is 6.08. The molecule has 70 valence electrons. The highest BCUT2D eigenvalue weighted by atomic mass is 15.0. The second kappa shape index (κ2) is 4.08. The van der Waals surface area contributed by atoms with E-state index in [4.69, 9.17) is 0 Å². The summed E-state index contributed by atoms with van der Waals surface area (Å²) in [5.41, 5.74) is 2.49. The molecule has 0 atom stereocenters. The van der Waals surface area contributed by atoms with Crippen LogP contribution in [0.1, 0.15) is 19.4 Å². The predicted molar refractivity (Wildman–Crippen MR) is 55.9 cm³/mol. The van der Waals surface area contributed by atoms with E-state index in [0.717, 1.165) is 5.82 Å². The molecule has 0 aromatic rings. The van der Waals surface area contributed by atoms with E-state index in [1.54, 1.807) is 0 Å². The summed E-state index contributed by atoms with van der Waals surface area (Å²) in [6, 6.07) is 4.13. The molecule has 0 aromatic heterocycles. The number of fused-ring (bicyclic) bond motifs is 1. The van der Waals surface area contributed by atoms with Crippen molar-refractivity contribution in [1.29, 1.82) is 0 Å². The first kappa shape index (κ1) is 9.78. The first-order valence-electron chi connectivity index (χ1n) is 4.65. The van der Waals surface area contributed by atoms with Crippen LogP contribution in [-0.2, 0) is 7.05 Å². The smallest absolute Gasteiger partial charge is 0.139 e. The van der Waals surface area contributed by atoms with Crippen LogP contribution >= 0.6 is 0 Å². The molecule has 13 heavy (non-hydrogen) atoms. The summed E-state index contributed by atoms with van der Waals surface area (Å²) in [6.07, 6.45) is 3.92. The monoisotopic (exact) mass is 176 g/mol. The third kappa shape index (κ3) is 1.72. The molecule has 0 radical (unpaired) electrons. The molecule has 0 saturated carbocycles. The van der Waals surface area contributed by atoms with Crippen molar-refractivity contribution < 1.29 is 0 Å². The maximum absolute atomic E-state index is 4.28. The van der Waals surface area contributed by atoms with Gasteiger partial charge < -0.3 is 4.57 Å². The van der Waals surface area contributed by atoms with Crippen molar-refractivity contribution in [2.24, 2.45) is 7.05 Å². The van der Waals surface area contributed by atoms with Crippen LogP contribution in [0, 0.1) is 6.92 Å². The lowest BCUT2D eigenvalue weighted by Gasteiger charge is -2.04. The topological polar surface area (TPSA) is 17.8 Å². The quantitative estimate of drug-likeness (QED) is 0.603. The lowest BCUT2D eigenvalue weighted by atomic mass is 10.2. The van der Waals surface area contributed by atoms with Crippen molar-refractivity contribution in [3.05, 3.63) is 30.1 Å². The average Bonchev–Trinajstić information content (AvgIpc) is 2.53. The molecule has 0 fully saturated rings. The molecule has 2 aliphatic heterocycles. The molecule has 0 aliphatic carbocycles. The van der Waals surface area contributed by atoms with Crippen molar-refractivity contribution in [3.8, 4) is 11.4 Å². The second-order valence-corrected chi connectivity index (χ2v) is 2.80. The van der Waals surface area contributed by atoms with E-state index >= 15 is 0 Å². The highest BCUT2D eigenvalue weighted by Crippen LogP contribution is 2.22. The van der Waals surface area contributed by atoms with Crippen LogP contribution in [-0.4, -0.2) is 9.55 Å². The van der Waals surface area contributed by atoms with Gasteiger partial charge >= 0.3 is 0 Å². The molecule has 2 aliphatic rings. The molecular formula is C11H16N2. The Kier molecular flexibility index (Phi) is 3.07. The normalized spacial score (nSPS) is 9.54. The van der Waals surface area contributed by atoms with E-state index in [2.05, 4.69) is 18.0 Å². The van der Waals surface area contributed by atoms with E-state index in [1.165, 1.54) is 11.1 Å². The zero-order valence-corrected chi connectivity index (χ0v) is 8.70. The summed E-state index contributed by atoms with van der Waals surface area (Å²) in [5.74, 6) is 1.06. The van der Waals surface area contributed by atoms with E-state index in [-0.39, 0.29) is 0 Å². The van der Waals surface area contributed by atoms with Crippen molar-refractivity contribution in [2.45, 2.75) is 20.8 Å². The third-order valence-electron chi connectivity index (χ3n) is 1.95. The molecule has 0 unspecified atom stereocenters. The minimum absolute atomic E-state index is 1.06. The van der Waals surface area contributed by atoms with Gasteiger partial charge in [0.15, 0.2) is 0 Å². The lowest BCUT2D eigenvalue weighted by molar-refractivity contribution is 0.890. The van der Waals surface area contributed by atoms with Gasteiger partial charge in [-0.1, -0.05) is 13.8 Å². The summed E-state index contributed by atoms with van der Waals surface area (Å²) in [5, 5.41) is 0. The molecule has 0 saturated heterocycles. The number of hydrogen-bond donors (Lipinski definition) is 0. The molecule has 2 heterocycles. The van der Waals surface area contributed by atoms with Gasteiger partial charge in [-0.15, -0.1) is 0 Å². The fraction of sp³-hybridized carbons (Fsp3) is 0.364. The van der Waals surface area contributed by atoms with Crippen LogP contribution in [0.4, 0.5) is 0 Å². The molecule has 2 nitrogen and oxygen atoms in total. The number of aromatic nitrogens is 2. The molecule has 0 amide bonds. The van der Waals surface area contributed by atoms with E-state index in [0.29, 0.717) is 0 Å². The van der Waals surface area contributed by atoms with E-state index in [1.807, 2.05) is 43.9 Å². The molecule has 0 aromatic carbocycles. The third-order valence-corrected chi connectivity index (χ3v) is 1.95. The Labute approximate surface area is 79.6 Å². The molecule has 0 bridgehead atoms. The number of hydrogen-bond acceptors (Lipinski definition) is 1. The van der Waals surface area contributed by atoms with Crippen molar-refractivity contribution in [3.63, 3.8) is 0 Å². The van der Waals surface area contributed by atoms with Gasteiger partial charge in [0, 0.05) is 25.0 Å². The van der Waals surface area contributed by atoms with Gasteiger partial charge in [-0.25, -0.2) is 4.98 Å². The summed E-state index contributed by atoms with van der Waals surface area (Å²) in [7, 11) is 2.01. The number of rotatable bonds is 0. The van der Waals surface area contributed by atoms with Gasteiger partial charge in [-0.2, -0.15) is 0 Å². The molecule has 2 rings (SSSR count). The van der Waals surface area contributed by atoms with Gasteiger partial charge in [0.05, 0.1) is 0 Å². The Morgan fingerprint density at radius 2 is 2.00 bits per heavy atom. The summed E-state index contributed by atoms with van der Waals surface area (Å²) < 4.78 is 2.03. The van der Waals surface area contributed by atoms with Gasteiger partial charge in [0.25, 0.3) is 0 Å². The molecule has 2 heteroatoms. The first-order chi connectivity index (χ1) is 6.29. The number of pyridine rings is 1. The maximum Gasteiger partial charge on any atom is 0.139 e. The minimum Gasteiger partial charge on any atom is -0.336 e. The first-order valence-corrected chi connectivity index (χ1v) is 4.65. The largest absolute Gasteiger partial charge is 0.336 e. The van der Waals surface area contributed by atoms with Gasteiger partial charge in [0.1, 0.15) is 5.82 Å². The minimum atomic E-state index is 1.06. The van der Waals surface area contributed by atoms with Crippen LogP contribution in [0.3, 0.4) is 0 Å². The zero-order chi connectivity index (χ0) is 9.84. The zero-order valence-electron chi connectivity index (χ0n) is 8.70. The van der Waals surface area contributed by atoms with Crippen LogP contribution in [0.25, 0.3) is 11.4 Å². The Morgan fingerprint density at radius 1 is 1.31 bits per heavy atom. The van der Waals surface area contributed by atoms with Gasteiger partial charge in [0.2, 0.25) is 0 Å². The lowest BCUT2D eigenvalue weighted by Crippen LogP contribution is -1.95. The highest BCUT2D eigenvalue weighted by molar-refractivity contribution is 5.61. The molecular weight excluding hydrogens is 160 g/mol. The van der Waals surface area contributed by atoms with Gasteiger partial charge in [-0.3, -0.25) is 0 Å². The fourth-order valence-electron chi connectivity index (χ4n) is 1.30. The number of aryl methyl sites for hydroxylation is 2. The Morgan fingerprint density at radius 3 is 2.62 bits per heavy atom. The van der Waals surface area contributed by atoms with Gasteiger partial charge in [-0.05, 0) is 24.6 Å². The fourth-order valence-corrected chi connectivity index (χ4v) is 1.30. The molecule has 0 N–H and O–H groups in total. The maximum atomic E-state index is 4.28. The van der Waals surface area contributed by atoms with Crippen molar-refractivity contribution in [1.82, 2.24) is 9.55 Å². The average molecular weight is 176 g/mol. The number of nitrogens with zero attached hydrogens (tertiary/aromatic N) is 2.